The summed E-state index contributed by atoms with van der Waals surface area (Å²) >= 11 is 0. The van der Waals surface area contributed by atoms with E-state index in [0.29, 0.717) is 18.7 Å². The van der Waals surface area contributed by atoms with Crippen molar-refractivity contribution in [2.75, 3.05) is 18.1 Å². The molecule has 0 spiro atoms. The highest BCUT2D eigenvalue weighted by molar-refractivity contribution is 7.91. The van der Waals surface area contributed by atoms with E-state index in [1.54, 1.807) is 10.9 Å². The van der Waals surface area contributed by atoms with Crippen molar-refractivity contribution in [3.63, 3.8) is 0 Å². The first-order chi connectivity index (χ1) is 10.6. The molecule has 1 aliphatic heterocycles. The zero-order valence-corrected chi connectivity index (χ0v) is 12.8. The molecule has 1 fully saturated rings. The van der Waals surface area contributed by atoms with Gasteiger partial charge in [-0.25, -0.2) is 13.4 Å². The van der Waals surface area contributed by atoms with Crippen molar-refractivity contribution in [2.45, 2.75) is 6.42 Å². The van der Waals surface area contributed by atoms with Gasteiger partial charge in [-0.05, 0) is 24.5 Å². The average molecular weight is 319 g/mol. The Hall–Kier alpha value is -2.15. The third-order valence-electron chi connectivity index (χ3n) is 3.78. The molecule has 1 saturated heterocycles. The van der Waals surface area contributed by atoms with Crippen LogP contribution in [0.15, 0.2) is 42.9 Å². The van der Waals surface area contributed by atoms with Crippen LogP contribution in [-0.2, 0) is 9.84 Å². The molecule has 2 aromatic rings. The number of para-hydroxylation sites is 1. The van der Waals surface area contributed by atoms with Crippen molar-refractivity contribution in [3.8, 4) is 5.69 Å². The molecule has 0 aliphatic carbocycles. The molecule has 0 saturated carbocycles. The highest BCUT2D eigenvalue weighted by Gasteiger charge is 2.28. The first kappa shape index (κ1) is 14.8. The van der Waals surface area contributed by atoms with Crippen molar-refractivity contribution < 1.29 is 13.2 Å². The van der Waals surface area contributed by atoms with Crippen LogP contribution in [0.1, 0.15) is 16.9 Å². The van der Waals surface area contributed by atoms with Gasteiger partial charge in [-0.2, -0.15) is 0 Å². The summed E-state index contributed by atoms with van der Waals surface area (Å²) in [6.07, 6.45) is 3.71. The van der Waals surface area contributed by atoms with Gasteiger partial charge < -0.3 is 5.32 Å². The number of aromatic nitrogens is 2. The van der Waals surface area contributed by atoms with Crippen LogP contribution in [0.3, 0.4) is 0 Å². The van der Waals surface area contributed by atoms with Crippen LogP contribution >= 0.6 is 0 Å². The van der Waals surface area contributed by atoms with E-state index in [1.807, 2.05) is 30.3 Å². The number of nitrogens with one attached hydrogen (secondary N) is 1. The fourth-order valence-corrected chi connectivity index (χ4v) is 4.48. The number of nitrogens with zero attached hydrogens (tertiary/aromatic N) is 2. The van der Waals surface area contributed by atoms with Crippen LogP contribution in [0.5, 0.6) is 0 Å². The molecule has 6 nitrogen and oxygen atoms in total. The number of hydrogen-bond acceptors (Lipinski definition) is 4. The molecule has 7 heteroatoms. The Balaban J connectivity index is 1.68. The molecule has 2 heterocycles. The van der Waals surface area contributed by atoms with Gasteiger partial charge in [-0.1, -0.05) is 18.2 Å². The molecular weight excluding hydrogens is 302 g/mol. The minimum atomic E-state index is -2.92. The fraction of sp³-hybridized carbons (Fsp3) is 0.333. The number of rotatable bonds is 4. The second-order valence-corrected chi connectivity index (χ2v) is 7.69. The minimum absolute atomic E-state index is 0.00190. The molecule has 116 valence electrons. The fourth-order valence-electron chi connectivity index (χ4n) is 2.62. The van der Waals surface area contributed by atoms with E-state index in [-0.39, 0.29) is 23.3 Å². The normalized spacial score (nSPS) is 19.9. The summed E-state index contributed by atoms with van der Waals surface area (Å²) in [6.45, 7) is 0.373. The number of imidazole rings is 1. The summed E-state index contributed by atoms with van der Waals surface area (Å²) in [7, 11) is -2.92. The maximum absolute atomic E-state index is 12.3. The summed E-state index contributed by atoms with van der Waals surface area (Å²) in [5.41, 5.74) is 1.29. The Kier molecular flexibility index (Phi) is 3.98. The quantitative estimate of drug-likeness (QED) is 0.913. The molecule has 0 unspecified atom stereocenters. The van der Waals surface area contributed by atoms with Crippen LogP contribution in [0, 0.1) is 5.92 Å². The van der Waals surface area contributed by atoms with Crippen LogP contribution in [0.2, 0.25) is 0 Å². The lowest BCUT2D eigenvalue weighted by Gasteiger charge is -2.11. The van der Waals surface area contributed by atoms with Crippen molar-refractivity contribution in [3.05, 3.63) is 48.5 Å². The van der Waals surface area contributed by atoms with Crippen LogP contribution in [0.25, 0.3) is 5.69 Å². The maximum atomic E-state index is 12.3. The molecule has 0 radical (unpaired) electrons. The van der Waals surface area contributed by atoms with Crippen molar-refractivity contribution in [2.24, 2.45) is 5.92 Å². The molecule has 3 rings (SSSR count). The van der Waals surface area contributed by atoms with Gasteiger partial charge >= 0.3 is 0 Å². The molecule has 1 aromatic carbocycles. The van der Waals surface area contributed by atoms with Crippen LogP contribution < -0.4 is 5.32 Å². The minimum Gasteiger partial charge on any atom is -0.350 e. The lowest BCUT2D eigenvalue weighted by atomic mass is 10.1. The Morgan fingerprint density at radius 1 is 1.32 bits per heavy atom. The predicted molar refractivity (Wildman–Crippen MR) is 82.7 cm³/mol. The molecule has 1 atom stereocenters. The summed E-state index contributed by atoms with van der Waals surface area (Å²) in [6, 6.07) is 9.46. The second kappa shape index (κ2) is 5.92. The number of carbonyl (C=O) groups excluding carboxylic acids is 1. The summed E-state index contributed by atoms with van der Waals surface area (Å²) in [4.78, 5) is 16.3. The molecule has 1 N–H and O–H groups in total. The Bertz CT molecular complexity index is 768. The topological polar surface area (TPSA) is 81.1 Å². The number of sulfone groups is 1. The monoisotopic (exact) mass is 319 g/mol. The summed E-state index contributed by atoms with van der Waals surface area (Å²) < 4.78 is 24.6. The maximum Gasteiger partial charge on any atom is 0.269 e. The van der Waals surface area contributed by atoms with Gasteiger partial charge in [0.1, 0.15) is 5.69 Å². The third kappa shape index (κ3) is 3.19. The highest BCUT2D eigenvalue weighted by atomic mass is 32.2. The second-order valence-electron chi connectivity index (χ2n) is 5.46. The van der Waals surface area contributed by atoms with E-state index in [0.717, 1.165) is 5.69 Å². The van der Waals surface area contributed by atoms with E-state index in [2.05, 4.69) is 10.3 Å². The van der Waals surface area contributed by atoms with Crippen molar-refractivity contribution in [1.82, 2.24) is 14.9 Å². The number of benzene rings is 1. The average Bonchev–Trinajstić information content (AvgIpc) is 3.12. The molecule has 1 aromatic heterocycles. The molecule has 1 amide bonds. The van der Waals surface area contributed by atoms with Crippen molar-refractivity contribution in [1.29, 1.82) is 0 Å². The van der Waals surface area contributed by atoms with Gasteiger partial charge in [0.25, 0.3) is 5.91 Å². The Labute approximate surface area is 129 Å². The lowest BCUT2D eigenvalue weighted by molar-refractivity contribution is 0.0941. The third-order valence-corrected chi connectivity index (χ3v) is 5.62. The molecule has 22 heavy (non-hydrogen) atoms. The van der Waals surface area contributed by atoms with Gasteiger partial charge in [-0.15, -0.1) is 0 Å². The zero-order valence-electron chi connectivity index (χ0n) is 12.0. The number of amides is 1. The Morgan fingerprint density at radius 2 is 2.09 bits per heavy atom. The van der Waals surface area contributed by atoms with E-state index in [4.69, 9.17) is 0 Å². The predicted octanol–water partition coefficient (Wildman–Crippen LogP) is 1.04. The lowest BCUT2D eigenvalue weighted by Crippen LogP contribution is -2.31. The van der Waals surface area contributed by atoms with E-state index in [9.17, 15) is 13.2 Å². The van der Waals surface area contributed by atoms with Crippen LogP contribution in [0.4, 0.5) is 0 Å². The first-order valence-corrected chi connectivity index (χ1v) is 8.94. The van der Waals surface area contributed by atoms with E-state index in [1.165, 1.54) is 6.20 Å². The van der Waals surface area contributed by atoms with Gasteiger partial charge in [0.15, 0.2) is 9.84 Å². The largest absolute Gasteiger partial charge is 0.350 e. The highest BCUT2D eigenvalue weighted by Crippen LogP contribution is 2.17. The van der Waals surface area contributed by atoms with Gasteiger partial charge in [0, 0.05) is 12.2 Å². The SMILES string of the molecule is O=C(NC[C@@H]1CCS(=O)(=O)C1)c1cncn1-c1ccccc1. The molecule has 1 aliphatic rings. The Morgan fingerprint density at radius 3 is 2.77 bits per heavy atom. The van der Waals surface area contributed by atoms with Gasteiger partial charge in [-0.3, -0.25) is 9.36 Å². The summed E-state index contributed by atoms with van der Waals surface area (Å²) in [5.74, 6) is 0.133. The first-order valence-electron chi connectivity index (χ1n) is 7.11. The van der Waals surface area contributed by atoms with E-state index < -0.39 is 9.84 Å². The smallest absolute Gasteiger partial charge is 0.269 e. The molecule has 0 bridgehead atoms. The van der Waals surface area contributed by atoms with Crippen molar-refractivity contribution >= 4 is 15.7 Å². The standard InChI is InChI=1S/C15H17N3O3S/c19-15(17-8-12-6-7-22(20,21)10-12)14-9-16-11-18(14)13-4-2-1-3-5-13/h1-5,9,11-12H,6-8,10H2,(H,17,19)/t12-/m0/s1. The van der Waals surface area contributed by atoms with Crippen LogP contribution in [-0.4, -0.2) is 41.9 Å². The van der Waals surface area contributed by atoms with Gasteiger partial charge in [0.2, 0.25) is 0 Å². The number of carbonyl (C=O) groups is 1. The van der Waals surface area contributed by atoms with E-state index >= 15 is 0 Å². The number of hydrogen-bond donors (Lipinski definition) is 1. The van der Waals surface area contributed by atoms with Gasteiger partial charge in [0.05, 0.1) is 24.0 Å². The molecular formula is C15H17N3O3S. The zero-order chi connectivity index (χ0) is 15.6. The summed E-state index contributed by atoms with van der Waals surface area (Å²) in [5, 5.41) is 2.81.